The molecule has 2 heterocycles. The molecule has 0 N–H and O–H groups in total. The molecule has 1 fully saturated rings. The predicted octanol–water partition coefficient (Wildman–Crippen LogP) is 1.93. The molecule has 5 nitrogen and oxygen atoms in total. The first-order valence-electron chi connectivity index (χ1n) is 7.07. The molecule has 7 heteroatoms. The van der Waals surface area contributed by atoms with Gasteiger partial charge in [0.25, 0.3) is 0 Å². The van der Waals surface area contributed by atoms with Crippen molar-refractivity contribution in [3.05, 3.63) is 54.2 Å². The lowest BCUT2D eigenvalue weighted by molar-refractivity contribution is 0.171. The standard InChI is InChI=1S/C15H17FN2O3S/c16-14-5-1-2-6-15(14)22(19,20)18-9-7-17(8-10-18)12-13-4-3-11-21-13/h1-6,11H,7-10,12H2. The van der Waals surface area contributed by atoms with Crippen LogP contribution in [0.15, 0.2) is 52.0 Å². The molecule has 0 saturated carbocycles. The third-order valence-corrected chi connectivity index (χ3v) is 5.68. The average molecular weight is 324 g/mol. The summed E-state index contributed by atoms with van der Waals surface area (Å²) in [6, 6.07) is 9.20. The molecule has 1 saturated heterocycles. The smallest absolute Gasteiger partial charge is 0.246 e. The van der Waals surface area contributed by atoms with Crippen molar-refractivity contribution >= 4 is 10.0 Å². The number of hydrogen-bond donors (Lipinski definition) is 0. The van der Waals surface area contributed by atoms with E-state index < -0.39 is 15.8 Å². The van der Waals surface area contributed by atoms with E-state index in [9.17, 15) is 12.8 Å². The Morgan fingerprint density at radius 3 is 2.41 bits per heavy atom. The minimum absolute atomic E-state index is 0.255. The second kappa shape index (κ2) is 6.20. The van der Waals surface area contributed by atoms with Gasteiger partial charge in [-0.3, -0.25) is 4.90 Å². The number of hydrogen-bond acceptors (Lipinski definition) is 4. The summed E-state index contributed by atoms with van der Waals surface area (Å²) in [5.41, 5.74) is 0. The highest BCUT2D eigenvalue weighted by Gasteiger charge is 2.30. The van der Waals surface area contributed by atoms with E-state index in [0.29, 0.717) is 32.7 Å². The Kier molecular flexibility index (Phi) is 4.28. The maximum absolute atomic E-state index is 13.7. The highest BCUT2D eigenvalue weighted by Crippen LogP contribution is 2.20. The number of sulfonamides is 1. The van der Waals surface area contributed by atoms with Gasteiger partial charge in [-0.05, 0) is 24.3 Å². The van der Waals surface area contributed by atoms with Crippen LogP contribution in [-0.4, -0.2) is 43.8 Å². The lowest BCUT2D eigenvalue weighted by Crippen LogP contribution is -2.48. The largest absolute Gasteiger partial charge is 0.468 e. The van der Waals surface area contributed by atoms with Gasteiger partial charge in [0.1, 0.15) is 16.5 Å². The Balaban J connectivity index is 1.67. The van der Waals surface area contributed by atoms with Crippen molar-refractivity contribution in [1.82, 2.24) is 9.21 Å². The third-order valence-electron chi connectivity index (χ3n) is 3.75. The van der Waals surface area contributed by atoms with E-state index in [0.717, 1.165) is 5.76 Å². The molecular weight excluding hydrogens is 307 g/mol. The van der Waals surface area contributed by atoms with Crippen molar-refractivity contribution in [1.29, 1.82) is 0 Å². The summed E-state index contributed by atoms with van der Waals surface area (Å²) >= 11 is 0. The molecule has 1 aliphatic heterocycles. The Morgan fingerprint density at radius 1 is 1.05 bits per heavy atom. The maximum Gasteiger partial charge on any atom is 0.246 e. The van der Waals surface area contributed by atoms with Crippen LogP contribution in [0.2, 0.25) is 0 Å². The van der Waals surface area contributed by atoms with E-state index >= 15 is 0 Å². The van der Waals surface area contributed by atoms with Crippen LogP contribution in [0.5, 0.6) is 0 Å². The second-order valence-electron chi connectivity index (χ2n) is 5.19. The average Bonchev–Trinajstić information content (AvgIpc) is 3.01. The quantitative estimate of drug-likeness (QED) is 0.862. The maximum atomic E-state index is 13.7. The third kappa shape index (κ3) is 3.06. The summed E-state index contributed by atoms with van der Waals surface area (Å²) in [5, 5.41) is 0. The highest BCUT2D eigenvalue weighted by molar-refractivity contribution is 7.89. The second-order valence-corrected chi connectivity index (χ2v) is 7.10. The van der Waals surface area contributed by atoms with E-state index in [1.54, 1.807) is 6.26 Å². The van der Waals surface area contributed by atoms with Gasteiger partial charge in [-0.2, -0.15) is 4.31 Å². The van der Waals surface area contributed by atoms with E-state index in [2.05, 4.69) is 4.90 Å². The predicted molar refractivity (Wildman–Crippen MR) is 79.1 cm³/mol. The van der Waals surface area contributed by atoms with Gasteiger partial charge in [-0.15, -0.1) is 0 Å². The van der Waals surface area contributed by atoms with E-state index in [1.807, 2.05) is 12.1 Å². The number of nitrogens with zero attached hydrogens (tertiary/aromatic N) is 2. The first kappa shape index (κ1) is 15.2. The normalized spacial score (nSPS) is 17.7. The van der Waals surface area contributed by atoms with E-state index in [-0.39, 0.29) is 4.90 Å². The summed E-state index contributed by atoms with van der Waals surface area (Å²) in [4.78, 5) is 1.86. The molecule has 2 aromatic rings. The van der Waals surface area contributed by atoms with Gasteiger partial charge in [0.05, 0.1) is 12.8 Å². The Morgan fingerprint density at radius 2 is 1.77 bits per heavy atom. The zero-order valence-corrected chi connectivity index (χ0v) is 12.8. The molecule has 118 valence electrons. The molecular formula is C15H17FN2O3S. The van der Waals surface area contributed by atoms with Crippen LogP contribution >= 0.6 is 0 Å². The molecule has 0 bridgehead atoms. The van der Waals surface area contributed by atoms with Crippen molar-refractivity contribution in [2.45, 2.75) is 11.4 Å². The molecule has 3 rings (SSSR count). The fourth-order valence-corrected chi connectivity index (χ4v) is 4.03. The number of furan rings is 1. The van der Waals surface area contributed by atoms with Crippen LogP contribution in [0.3, 0.4) is 0 Å². The van der Waals surface area contributed by atoms with Gasteiger partial charge >= 0.3 is 0 Å². The monoisotopic (exact) mass is 324 g/mol. The Bertz CT molecular complexity index is 723. The summed E-state index contributed by atoms with van der Waals surface area (Å²) in [7, 11) is -3.77. The SMILES string of the molecule is O=S(=O)(c1ccccc1F)N1CCN(Cc2ccco2)CC1. The molecule has 0 atom stereocenters. The van der Waals surface area contributed by atoms with Crippen molar-refractivity contribution in [2.24, 2.45) is 0 Å². The molecule has 0 spiro atoms. The van der Waals surface area contributed by atoms with E-state index in [1.165, 1.54) is 28.6 Å². The summed E-state index contributed by atoms with van der Waals surface area (Å²) in [5.74, 6) is 0.144. The minimum Gasteiger partial charge on any atom is -0.468 e. The summed E-state index contributed by atoms with van der Waals surface area (Å²) < 4.78 is 45.3. The van der Waals surface area contributed by atoms with Crippen LogP contribution in [0, 0.1) is 5.82 Å². The molecule has 1 aromatic heterocycles. The topological polar surface area (TPSA) is 53.8 Å². The number of halogens is 1. The summed E-state index contributed by atoms with van der Waals surface area (Å²) in [6.07, 6.45) is 1.62. The molecule has 1 aliphatic rings. The molecule has 0 aliphatic carbocycles. The molecule has 1 aromatic carbocycles. The first-order chi connectivity index (χ1) is 10.6. The number of piperazine rings is 1. The van der Waals surface area contributed by atoms with Gasteiger partial charge in [0.2, 0.25) is 10.0 Å². The highest BCUT2D eigenvalue weighted by atomic mass is 32.2. The molecule has 0 unspecified atom stereocenters. The Hall–Kier alpha value is -1.70. The van der Waals surface area contributed by atoms with Gasteiger partial charge in [0.15, 0.2) is 0 Å². The summed E-state index contributed by atoms with van der Waals surface area (Å²) in [6.45, 7) is 2.53. The molecule has 22 heavy (non-hydrogen) atoms. The van der Waals surface area contributed by atoms with Crippen molar-refractivity contribution < 1.29 is 17.2 Å². The number of benzene rings is 1. The van der Waals surface area contributed by atoms with Gasteiger partial charge in [-0.25, -0.2) is 12.8 Å². The Labute approximate surface area is 129 Å². The van der Waals surface area contributed by atoms with Crippen LogP contribution in [0.25, 0.3) is 0 Å². The van der Waals surface area contributed by atoms with Crippen molar-refractivity contribution in [2.75, 3.05) is 26.2 Å². The molecule has 0 radical (unpaired) electrons. The van der Waals surface area contributed by atoms with Gasteiger partial charge in [-0.1, -0.05) is 12.1 Å². The zero-order valence-electron chi connectivity index (χ0n) is 12.0. The number of rotatable bonds is 4. The first-order valence-corrected chi connectivity index (χ1v) is 8.51. The zero-order chi connectivity index (χ0) is 15.6. The molecule has 0 amide bonds. The fourth-order valence-electron chi connectivity index (χ4n) is 2.54. The van der Waals surface area contributed by atoms with Crippen molar-refractivity contribution in [3.63, 3.8) is 0 Å². The fraction of sp³-hybridized carbons (Fsp3) is 0.333. The van der Waals surface area contributed by atoms with Gasteiger partial charge in [0, 0.05) is 26.2 Å². The van der Waals surface area contributed by atoms with Crippen LogP contribution in [-0.2, 0) is 16.6 Å². The van der Waals surface area contributed by atoms with Crippen LogP contribution in [0.1, 0.15) is 5.76 Å². The van der Waals surface area contributed by atoms with Crippen molar-refractivity contribution in [3.8, 4) is 0 Å². The van der Waals surface area contributed by atoms with Crippen LogP contribution < -0.4 is 0 Å². The van der Waals surface area contributed by atoms with Gasteiger partial charge < -0.3 is 4.42 Å². The minimum atomic E-state index is -3.77. The van der Waals surface area contributed by atoms with Crippen LogP contribution in [0.4, 0.5) is 4.39 Å². The lowest BCUT2D eigenvalue weighted by atomic mass is 10.3. The lowest BCUT2D eigenvalue weighted by Gasteiger charge is -2.33. The van der Waals surface area contributed by atoms with E-state index in [4.69, 9.17) is 4.42 Å².